The molecule has 2 heterocycles. The van der Waals surface area contributed by atoms with Gasteiger partial charge in [0, 0.05) is 25.2 Å². The van der Waals surface area contributed by atoms with Gasteiger partial charge in [-0.05, 0) is 43.7 Å². The zero-order valence-electron chi connectivity index (χ0n) is 16.8. The van der Waals surface area contributed by atoms with E-state index in [0.29, 0.717) is 18.7 Å². The van der Waals surface area contributed by atoms with Gasteiger partial charge in [0.25, 0.3) is 5.91 Å². The third-order valence-corrected chi connectivity index (χ3v) is 4.82. The summed E-state index contributed by atoms with van der Waals surface area (Å²) in [6.45, 7) is 8.43. The lowest BCUT2D eigenvalue weighted by molar-refractivity contribution is 0.0706. The minimum absolute atomic E-state index is 0.398. The molecule has 8 nitrogen and oxygen atoms in total. The van der Waals surface area contributed by atoms with Crippen molar-refractivity contribution in [1.82, 2.24) is 10.5 Å². The summed E-state index contributed by atoms with van der Waals surface area (Å²) in [7, 11) is 0. The van der Waals surface area contributed by atoms with Gasteiger partial charge in [0.05, 0.1) is 31.6 Å². The fraction of sp³-hybridized carbons (Fsp3) is 0.381. The Kier molecular flexibility index (Phi) is 7.15. The standard InChI is InChI=1S/C21H27N5O3/c1-3-22-16(2)26(15-17-4-6-18(7-5-17)21(27)24-28)20-9-8-19(14-23-20)25-10-12-29-13-11-25/h4-9,14,28H,3,10-13,15H2,1-2H3,(H,24,27). The van der Waals surface area contributed by atoms with Crippen LogP contribution in [0.3, 0.4) is 0 Å². The van der Waals surface area contributed by atoms with Crippen molar-refractivity contribution in [3.05, 3.63) is 53.7 Å². The Bertz CT molecular complexity index is 830. The quantitative estimate of drug-likeness (QED) is 0.337. The summed E-state index contributed by atoms with van der Waals surface area (Å²) in [5.41, 5.74) is 4.13. The van der Waals surface area contributed by atoms with E-state index in [-0.39, 0.29) is 0 Å². The topological polar surface area (TPSA) is 90.3 Å². The Morgan fingerprint density at radius 1 is 1.24 bits per heavy atom. The maximum Gasteiger partial charge on any atom is 0.274 e. The predicted octanol–water partition coefficient (Wildman–Crippen LogP) is 2.48. The fourth-order valence-electron chi connectivity index (χ4n) is 3.23. The summed E-state index contributed by atoms with van der Waals surface area (Å²) >= 11 is 0. The number of carbonyl (C=O) groups excluding carboxylic acids is 1. The number of amidine groups is 1. The summed E-state index contributed by atoms with van der Waals surface area (Å²) in [5, 5.41) is 8.76. The number of anilines is 2. The molecule has 0 spiro atoms. The zero-order chi connectivity index (χ0) is 20.6. The van der Waals surface area contributed by atoms with Crippen LogP contribution >= 0.6 is 0 Å². The first-order valence-corrected chi connectivity index (χ1v) is 9.73. The Morgan fingerprint density at radius 3 is 2.55 bits per heavy atom. The molecule has 154 valence electrons. The molecule has 2 aromatic rings. The number of morpholine rings is 1. The van der Waals surface area contributed by atoms with E-state index in [1.54, 1.807) is 17.6 Å². The molecule has 1 aliphatic heterocycles. The van der Waals surface area contributed by atoms with Crippen molar-refractivity contribution >= 4 is 23.2 Å². The van der Waals surface area contributed by atoms with Gasteiger partial charge in [-0.25, -0.2) is 10.5 Å². The Balaban J connectivity index is 1.80. The molecule has 29 heavy (non-hydrogen) atoms. The van der Waals surface area contributed by atoms with Gasteiger partial charge in [-0.3, -0.25) is 15.0 Å². The molecule has 0 atom stereocenters. The molecule has 0 saturated carbocycles. The number of aromatic nitrogens is 1. The summed E-state index contributed by atoms with van der Waals surface area (Å²) in [4.78, 5) is 25.1. The molecule has 0 bridgehead atoms. The van der Waals surface area contributed by atoms with E-state index in [1.165, 1.54) is 0 Å². The van der Waals surface area contributed by atoms with Crippen LogP contribution in [-0.4, -0.2) is 54.8 Å². The molecule has 1 aliphatic rings. The minimum atomic E-state index is -0.530. The number of aliphatic imine (C=N–C) groups is 1. The van der Waals surface area contributed by atoms with Gasteiger partial charge in [-0.15, -0.1) is 0 Å². The highest BCUT2D eigenvalue weighted by Gasteiger charge is 2.15. The van der Waals surface area contributed by atoms with Crippen molar-refractivity contribution in [1.29, 1.82) is 0 Å². The van der Waals surface area contributed by atoms with E-state index >= 15 is 0 Å². The van der Waals surface area contributed by atoms with Crippen molar-refractivity contribution in [2.75, 3.05) is 42.6 Å². The van der Waals surface area contributed by atoms with Gasteiger partial charge in [-0.2, -0.15) is 0 Å². The molecule has 0 aliphatic carbocycles. The van der Waals surface area contributed by atoms with E-state index in [0.717, 1.165) is 49.2 Å². The van der Waals surface area contributed by atoms with E-state index in [1.807, 2.05) is 43.1 Å². The van der Waals surface area contributed by atoms with Gasteiger partial charge in [0.2, 0.25) is 0 Å². The van der Waals surface area contributed by atoms with Crippen LogP contribution < -0.4 is 15.3 Å². The number of amides is 1. The first-order chi connectivity index (χ1) is 14.1. The molecule has 3 rings (SSSR count). The molecule has 2 N–H and O–H groups in total. The number of nitrogens with one attached hydrogen (secondary N) is 1. The van der Waals surface area contributed by atoms with Crippen molar-refractivity contribution in [2.45, 2.75) is 20.4 Å². The van der Waals surface area contributed by atoms with Gasteiger partial charge in [0.1, 0.15) is 11.7 Å². The second-order valence-corrected chi connectivity index (χ2v) is 6.72. The number of carbonyl (C=O) groups is 1. The Morgan fingerprint density at radius 2 is 1.97 bits per heavy atom. The zero-order valence-corrected chi connectivity index (χ0v) is 16.8. The second kappa shape index (κ2) is 9.99. The maximum absolute atomic E-state index is 11.5. The highest BCUT2D eigenvalue weighted by Crippen LogP contribution is 2.21. The SMILES string of the molecule is CCN=C(C)N(Cc1ccc(C(=O)NO)cc1)c1ccc(N2CCOCC2)cn1. The van der Waals surface area contributed by atoms with Crippen LogP contribution in [0.2, 0.25) is 0 Å². The Hall–Kier alpha value is -2.97. The van der Waals surface area contributed by atoms with E-state index in [9.17, 15) is 4.79 Å². The van der Waals surface area contributed by atoms with Crippen LogP contribution in [0.1, 0.15) is 29.8 Å². The first kappa shape index (κ1) is 20.8. The molecule has 8 heteroatoms. The largest absolute Gasteiger partial charge is 0.378 e. The minimum Gasteiger partial charge on any atom is -0.378 e. The summed E-state index contributed by atoms with van der Waals surface area (Å²) < 4.78 is 5.41. The third-order valence-electron chi connectivity index (χ3n) is 4.82. The highest BCUT2D eigenvalue weighted by atomic mass is 16.5. The van der Waals surface area contributed by atoms with Crippen LogP contribution in [0, 0.1) is 0 Å². The third kappa shape index (κ3) is 5.30. The van der Waals surface area contributed by atoms with Crippen molar-refractivity contribution < 1.29 is 14.7 Å². The van der Waals surface area contributed by atoms with E-state index in [2.05, 4.69) is 20.9 Å². The number of nitrogens with zero attached hydrogens (tertiary/aromatic N) is 4. The van der Waals surface area contributed by atoms with Gasteiger partial charge < -0.3 is 14.5 Å². The molecular formula is C21H27N5O3. The number of hydrogen-bond acceptors (Lipinski definition) is 6. The molecule has 1 amide bonds. The normalized spacial score (nSPS) is 14.6. The summed E-state index contributed by atoms with van der Waals surface area (Å²) in [6, 6.07) is 11.2. The van der Waals surface area contributed by atoms with Crippen LogP contribution in [0.15, 0.2) is 47.6 Å². The maximum atomic E-state index is 11.5. The second-order valence-electron chi connectivity index (χ2n) is 6.72. The lowest BCUT2D eigenvalue weighted by Crippen LogP contribution is -2.36. The number of hydroxylamine groups is 1. The first-order valence-electron chi connectivity index (χ1n) is 9.73. The molecule has 0 unspecified atom stereocenters. The van der Waals surface area contributed by atoms with E-state index in [4.69, 9.17) is 9.94 Å². The van der Waals surface area contributed by atoms with E-state index < -0.39 is 5.91 Å². The molecule has 1 aromatic carbocycles. The number of rotatable bonds is 6. The molecular weight excluding hydrogens is 370 g/mol. The van der Waals surface area contributed by atoms with Crippen molar-refractivity contribution in [3.63, 3.8) is 0 Å². The highest BCUT2D eigenvalue weighted by molar-refractivity contribution is 5.95. The lowest BCUT2D eigenvalue weighted by atomic mass is 10.1. The lowest BCUT2D eigenvalue weighted by Gasteiger charge is -2.29. The average Bonchev–Trinajstić information content (AvgIpc) is 2.78. The summed E-state index contributed by atoms with van der Waals surface area (Å²) in [6.07, 6.45) is 1.89. The van der Waals surface area contributed by atoms with Crippen LogP contribution in [0.4, 0.5) is 11.5 Å². The smallest absolute Gasteiger partial charge is 0.274 e. The monoisotopic (exact) mass is 397 g/mol. The van der Waals surface area contributed by atoms with Crippen LogP contribution in [-0.2, 0) is 11.3 Å². The van der Waals surface area contributed by atoms with Crippen molar-refractivity contribution in [3.8, 4) is 0 Å². The fourth-order valence-corrected chi connectivity index (χ4v) is 3.23. The molecule has 1 saturated heterocycles. The number of hydrogen-bond donors (Lipinski definition) is 2. The van der Waals surface area contributed by atoms with Crippen molar-refractivity contribution in [2.24, 2.45) is 4.99 Å². The molecule has 0 radical (unpaired) electrons. The number of benzene rings is 1. The van der Waals surface area contributed by atoms with Crippen LogP contribution in [0.25, 0.3) is 0 Å². The average molecular weight is 397 g/mol. The van der Waals surface area contributed by atoms with Crippen LogP contribution in [0.5, 0.6) is 0 Å². The number of pyridine rings is 1. The predicted molar refractivity (Wildman–Crippen MR) is 113 cm³/mol. The number of ether oxygens (including phenoxy) is 1. The van der Waals surface area contributed by atoms with Gasteiger partial charge in [-0.1, -0.05) is 12.1 Å². The molecule has 1 fully saturated rings. The van der Waals surface area contributed by atoms with Gasteiger partial charge in [0.15, 0.2) is 0 Å². The summed E-state index contributed by atoms with van der Waals surface area (Å²) in [5.74, 6) is 1.16. The Labute approximate surface area is 170 Å². The molecule has 1 aromatic heterocycles. The van der Waals surface area contributed by atoms with Gasteiger partial charge >= 0.3 is 0 Å².